The second-order valence-electron chi connectivity index (χ2n) is 6.43. The van der Waals surface area contributed by atoms with E-state index in [1.165, 1.54) is 6.42 Å². The van der Waals surface area contributed by atoms with Gasteiger partial charge in [-0.25, -0.2) is 4.79 Å². The first kappa shape index (κ1) is 18.7. The molecular formula is C18H26ClN3O2. The fraction of sp³-hybridized carbons (Fsp3) is 0.556. The number of amides is 3. The highest BCUT2D eigenvalue weighted by atomic mass is 35.5. The van der Waals surface area contributed by atoms with Crippen molar-refractivity contribution >= 4 is 23.5 Å². The van der Waals surface area contributed by atoms with Gasteiger partial charge in [-0.2, -0.15) is 0 Å². The lowest BCUT2D eigenvalue weighted by Gasteiger charge is -2.24. The first-order chi connectivity index (χ1) is 11.5. The largest absolute Gasteiger partial charge is 0.335 e. The second kappa shape index (κ2) is 9.04. The summed E-state index contributed by atoms with van der Waals surface area (Å²) >= 11 is 6.17. The lowest BCUT2D eigenvalue weighted by molar-refractivity contribution is -0.121. The van der Waals surface area contributed by atoms with E-state index in [1.54, 1.807) is 6.92 Å². The Balaban J connectivity index is 1.81. The Morgan fingerprint density at radius 3 is 2.46 bits per heavy atom. The van der Waals surface area contributed by atoms with Crippen LogP contribution in [0.5, 0.6) is 0 Å². The molecule has 2 unspecified atom stereocenters. The molecule has 0 radical (unpaired) electrons. The average molecular weight is 352 g/mol. The predicted molar refractivity (Wildman–Crippen MR) is 96.0 cm³/mol. The Labute approximate surface area is 148 Å². The number of nitrogens with one attached hydrogen (secondary N) is 3. The number of urea groups is 1. The number of rotatable bonds is 5. The summed E-state index contributed by atoms with van der Waals surface area (Å²) < 4.78 is 0. The molecule has 1 fully saturated rings. The van der Waals surface area contributed by atoms with E-state index in [4.69, 9.17) is 11.6 Å². The van der Waals surface area contributed by atoms with Crippen LogP contribution in [-0.4, -0.2) is 24.0 Å². The number of benzene rings is 1. The maximum atomic E-state index is 12.2. The van der Waals surface area contributed by atoms with Crippen LogP contribution >= 0.6 is 11.6 Å². The molecule has 2 rings (SSSR count). The zero-order chi connectivity index (χ0) is 17.5. The van der Waals surface area contributed by atoms with Crippen LogP contribution in [0.25, 0.3) is 0 Å². The molecular weight excluding hydrogens is 326 g/mol. The van der Waals surface area contributed by atoms with Gasteiger partial charge in [0.15, 0.2) is 0 Å². The lowest BCUT2D eigenvalue weighted by atomic mass is 9.96. The molecule has 0 spiro atoms. The third kappa shape index (κ3) is 5.49. The van der Waals surface area contributed by atoms with Gasteiger partial charge < -0.3 is 5.32 Å². The van der Waals surface area contributed by atoms with Crippen molar-refractivity contribution in [2.75, 3.05) is 0 Å². The topological polar surface area (TPSA) is 70.2 Å². The highest BCUT2D eigenvalue weighted by Gasteiger charge is 2.21. The lowest BCUT2D eigenvalue weighted by Crippen LogP contribution is -2.50. The van der Waals surface area contributed by atoms with Gasteiger partial charge in [0.1, 0.15) is 0 Å². The summed E-state index contributed by atoms with van der Waals surface area (Å²) in [4.78, 5) is 24.1. The number of carbonyl (C=O) groups excluding carboxylic acids is 2. The molecule has 1 aliphatic rings. The summed E-state index contributed by atoms with van der Waals surface area (Å²) in [7, 11) is 0. The van der Waals surface area contributed by atoms with Crippen LogP contribution in [0.4, 0.5) is 4.79 Å². The minimum absolute atomic E-state index is 0.0964. The van der Waals surface area contributed by atoms with Crippen molar-refractivity contribution in [2.45, 2.75) is 64.1 Å². The molecule has 0 aromatic heterocycles. The summed E-state index contributed by atoms with van der Waals surface area (Å²) in [5.41, 5.74) is 0.922. The Morgan fingerprint density at radius 1 is 1.12 bits per heavy atom. The fourth-order valence-corrected chi connectivity index (χ4v) is 3.35. The Bertz CT molecular complexity index is 573. The van der Waals surface area contributed by atoms with Crippen molar-refractivity contribution in [2.24, 2.45) is 0 Å². The zero-order valence-corrected chi connectivity index (χ0v) is 15.0. The molecule has 0 heterocycles. The van der Waals surface area contributed by atoms with Crippen LogP contribution in [0.3, 0.4) is 0 Å². The highest BCUT2D eigenvalue weighted by Crippen LogP contribution is 2.22. The minimum atomic E-state index is -0.506. The minimum Gasteiger partial charge on any atom is -0.335 e. The first-order valence-electron chi connectivity index (χ1n) is 8.59. The van der Waals surface area contributed by atoms with E-state index in [0.29, 0.717) is 5.02 Å². The monoisotopic (exact) mass is 351 g/mol. The maximum Gasteiger partial charge on any atom is 0.321 e. The van der Waals surface area contributed by atoms with Crippen molar-refractivity contribution in [3.8, 4) is 0 Å². The fourth-order valence-electron chi connectivity index (χ4n) is 3.06. The van der Waals surface area contributed by atoms with Gasteiger partial charge in [0.25, 0.3) is 0 Å². The van der Waals surface area contributed by atoms with Crippen LogP contribution < -0.4 is 16.0 Å². The number of hydrogen-bond donors (Lipinski definition) is 3. The molecule has 3 N–H and O–H groups in total. The van der Waals surface area contributed by atoms with Gasteiger partial charge in [-0.1, -0.05) is 49.1 Å². The standard InChI is InChI=1S/C18H26ClN3O2/c1-12(15-10-6-7-11-16(15)19)20-13(2)17(23)22-18(24)21-14-8-4-3-5-9-14/h6-7,10-14,20H,3-5,8-9H2,1-2H3,(H2,21,22,23,24). The van der Waals surface area contributed by atoms with Gasteiger partial charge in [0.05, 0.1) is 6.04 Å². The van der Waals surface area contributed by atoms with E-state index in [-0.39, 0.29) is 18.0 Å². The van der Waals surface area contributed by atoms with Crippen molar-refractivity contribution in [3.63, 3.8) is 0 Å². The molecule has 3 amide bonds. The number of hydrogen-bond acceptors (Lipinski definition) is 3. The summed E-state index contributed by atoms with van der Waals surface area (Å²) in [6.07, 6.45) is 5.45. The average Bonchev–Trinajstić information content (AvgIpc) is 2.55. The van der Waals surface area contributed by atoms with Crippen LogP contribution in [0, 0.1) is 0 Å². The molecule has 1 saturated carbocycles. The van der Waals surface area contributed by atoms with Crippen LogP contribution in [0.15, 0.2) is 24.3 Å². The summed E-state index contributed by atoms with van der Waals surface area (Å²) in [6.45, 7) is 3.67. The molecule has 0 saturated heterocycles. The van der Waals surface area contributed by atoms with E-state index < -0.39 is 12.1 Å². The van der Waals surface area contributed by atoms with E-state index in [1.807, 2.05) is 31.2 Å². The number of imide groups is 1. The van der Waals surface area contributed by atoms with Crippen molar-refractivity contribution < 1.29 is 9.59 Å². The van der Waals surface area contributed by atoms with E-state index in [2.05, 4.69) is 16.0 Å². The van der Waals surface area contributed by atoms with Crippen molar-refractivity contribution in [1.29, 1.82) is 0 Å². The smallest absolute Gasteiger partial charge is 0.321 e. The highest BCUT2D eigenvalue weighted by molar-refractivity contribution is 6.31. The summed E-state index contributed by atoms with van der Waals surface area (Å²) in [6, 6.07) is 6.67. The van der Waals surface area contributed by atoms with Crippen LogP contribution in [0.1, 0.15) is 57.6 Å². The zero-order valence-electron chi connectivity index (χ0n) is 14.3. The molecule has 0 bridgehead atoms. The molecule has 1 aromatic carbocycles. The normalized spacial score (nSPS) is 17.8. The Kier molecular flexibility index (Phi) is 7.06. The summed E-state index contributed by atoms with van der Waals surface area (Å²) in [5, 5.41) is 9.12. The molecule has 5 nitrogen and oxygen atoms in total. The van der Waals surface area contributed by atoms with Gasteiger partial charge in [0.2, 0.25) is 5.91 Å². The van der Waals surface area contributed by atoms with Gasteiger partial charge in [-0.15, -0.1) is 0 Å². The second-order valence-corrected chi connectivity index (χ2v) is 6.84. The molecule has 2 atom stereocenters. The van der Waals surface area contributed by atoms with Gasteiger partial charge in [-0.05, 0) is 38.3 Å². The van der Waals surface area contributed by atoms with E-state index in [9.17, 15) is 9.59 Å². The number of carbonyl (C=O) groups is 2. The third-order valence-electron chi connectivity index (χ3n) is 4.44. The van der Waals surface area contributed by atoms with E-state index >= 15 is 0 Å². The van der Waals surface area contributed by atoms with Crippen molar-refractivity contribution in [1.82, 2.24) is 16.0 Å². The predicted octanol–water partition coefficient (Wildman–Crippen LogP) is 3.54. The number of halogens is 1. The first-order valence-corrected chi connectivity index (χ1v) is 8.97. The molecule has 0 aliphatic heterocycles. The molecule has 24 heavy (non-hydrogen) atoms. The van der Waals surface area contributed by atoms with Crippen LogP contribution in [-0.2, 0) is 4.79 Å². The maximum absolute atomic E-state index is 12.2. The van der Waals surface area contributed by atoms with E-state index in [0.717, 1.165) is 31.2 Å². The van der Waals surface area contributed by atoms with Gasteiger partial charge in [0, 0.05) is 17.1 Å². The quantitative estimate of drug-likeness (QED) is 0.760. The molecule has 132 valence electrons. The molecule has 6 heteroatoms. The van der Waals surface area contributed by atoms with Gasteiger partial charge >= 0.3 is 6.03 Å². The SMILES string of the molecule is CC(NC(C)c1ccccc1Cl)C(=O)NC(=O)NC1CCCCC1. The third-order valence-corrected chi connectivity index (χ3v) is 4.79. The Morgan fingerprint density at radius 2 is 1.79 bits per heavy atom. The van der Waals surface area contributed by atoms with Crippen LogP contribution in [0.2, 0.25) is 5.02 Å². The summed E-state index contributed by atoms with van der Waals surface area (Å²) in [5.74, 6) is -0.345. The van der Waals surface area contributed by atoms with Crippen molar-refractivity contribution in [3.05, 3.63) is 34.9 Å². The van der Waals surface area contributed by atoms with Gasteiger partial charge in [-0.3, -0.25) is 15.4 Å². The Hall–Kier alpha value is -1.59. The molecule has 1 aliphatic carbocycles. The molecule has 1 aromatic rings.